The maximum Gasteiger partial charge on any atom is 0.236 e. The summed E-state index contributed by atoms with van der Waals surface area (Å²) in [6.45, 7) is 2.03. The summed E-state index contributed by atoms with van der Waals surface area (Å²) >= 11 is 10.1. The molecule has 0 radical (unpaired) electrons. The SMILES string of the molecule is Cc1sccc(=[SH+])c1S. The van der Waals surface area contributed by atoms with Crippen LogP contribution in [0.1, 0.15) is 4.88 Å². The van der Waals surface area contributed by atoms with E-state index in [1.165, 1.54) is 4.88 Å². The normalized spacial score (nSPS) is 9.56. The largest absolute Gasteiger partial charge is 0.236 e. The first-order chi connectivity index (χ1) is 4.22. The fourth-order valence-electron chi connectivity index (χ4n) is 0.516. The molecule has 0 nitrogen and oxygen atoms in total. The molecule has 1 aromatic heterocycles. The molecule has 0 saturated carbocycles. The fourth-order valence-corrected chi connectivity index (χ4v) is 1.80. The number of hydrogen-bond donors (Lipinski definition) is 1. The van der Waals surface area contributed by atoms with Gasteiger partial charge in [-0.3, -0.25) is 0 Å². The van der Waals surface area contributed by atoms with Crippen molar-refractivity contribution in [3.63, 3.8) is 0 Å². The van der Waals surface area contributed by atoms with E-state index in [1.807, 2.05) is 18.4 Å². The molecule has 3 heteroatoms. The van der Waals surface area contributed by atoms with E-state index in [2.05, 4.69) is 24.8 Å². The highest BCUT2D eigenvalue weighted by molar-refractivity contribution is 7.80. The quantitative estimate of drug-likeness (QED) is 0.349. The van der Waals surface area contributed by atoms with Crippen LogP contribution in [0.25, 0.3) is 0 Å². The zero-order valence-corrected chi connectivity index (χ0v) is 7.56. The van der Waals surface area contributed by atoms with E-state index in [1.54, 1.807) is 11.3 Å². The monoisotopic (exact) mass is 175 g/mol. The molecule has 1 rings (SSSR count). The van der Waals surface area contributed by atoms with Crippen LogP contribution in [0, 0.1) is 11.4 Å². The molecule has 0 saturated heterocycles. The van der Waals surface area contributed by atoms with Crippen molar-refractivity contribution in [2.24, 2.45) is 0 Å². The summed E-state index contributed by atoms with van der Waals surface area (Å²) < 4.78 is 0.953. The third-order valence-corrected chi connectivity index (χ3v) is 3.15. The third-order valence-electron chi connectivity index (χ3n) is 1.05. The van der Waals surface area contributed by atoms with E-state index >= 15 is 0 Å². The van der Waals surface area contributed by atoms with Gasteiger partial charge in [-0.05, 0) is 12.3 Å². The predicted molar refractivity (Wildman–Crippen MR) is 48.3 cm³/mol. The topological polar surface area (TPSA) is 0 Å². The van der Waals surface area contributed by atoms with E-state index in [4.69, 9.17) is 0 Å². The molecule has 0 amide bonds. The van der Waals surface area contributed by atoms with Crippen molar-refractivity contribution >= 4 is 36.2 Å². The van der Waals surface area contributed by atoms with Crippen LogP contribution in [0.15, 0.2) is 16.3 Å². The Morgan fingerprint density at radius 2 is 2.33 bits per heavy atom. The molecule has 0 atom stereocenters. The lowest BCUT2D eigenvalue weighted by atomic mass is 10.5. The second-order valence-corrected chi connectivity index (χ2v) is 3.76. The fraction of sp³-hybridized carbons (Fsp3) is 0.167. The Morgan fingerprint density at radius 3 is 2.78 bits per heavy atom. The van der Waals surface area contributed by atoms with E-state index < -0.39 is 0 Å². The van der Waals surface area contributed by atoms with E-state index in [9.17, 15) is 0 Å². The molecule has 0 unspecified atom stereocenters. The molecule has 0 bridgehead atoms. The second kappa shape index (κ2) is 2.82. The van der Waals surface area contributed by atoms with Gasteiger partial charge in [0.15, 0.2) is 12.2 Å². The van der Waals surface area contributed by atoms with Gasteiger partial charge in [-0.1, -0.05) is 0 Å². The molecular weight excluding hydrogens is 168 g/mol. The van der Waals surface area contributed by atoms with Gasteiger partial charge in [-0.2, -0.15) is 0 Å². The zero-order chi connectivity index (χ0) is 6.85. The molecule has 0 aliphatic carbocycles. The average molecular weight is 175 g/mol. The molecule has 0 fully saturated rings. The third kappa shape index (κ3) is 1.53. The summed E-state index contributed by atoms with van der Waals surface area (Å²) in [4.78, 5) is 2.21. The van der Waals surface area contributed by atoms with Crippen LogP contribution in [0.3, 0.4) is 0 Å². The Hall–Kier alpha value is 0.140. The number of aryl methyl sites for hydroxylation is 1. The lowest BCUT2D eigenvalue weighted by molar-refractivity contribution is 1.38. The van der Waals surface area contributed by atoms with Crippen molar-refractivity contribution in [1.82, 2.24) is 0 Å². The van der Waals surface area contributed by atoms with Gasteiger partial charge in [0, 0.05) is 10.9 Å². The van der Waals surface area contributed by atoms with Crippen molar-refractivity contribution in [3.8, 4) is 0 Å². The summed E-state index contributed by atoms with van der Waals surface area (Å²) in [6.07, 6.45) is 0. The maximum absolute atomic E-state index is 4.25. The molecule has 0 aliphatic heterocycles. The first kappa shape index (κ1) is 7.25. The van der Waals surface area contributed by atoms with Gasteiger partial charge in [0.05, 0.1) is 4.90 Å². The van der Waals surface area contributed by atoms with Gasteiger partial charge >= 0.3 is 0 Å². The van der Waals surface area contributed by atoms with Gasteiger partial charge < -0.3 is 0 Å². The van der Waals surface area contributed by atoms with Gasteiger partial charge in [0.1, 0.15) is 0 Å². The molecule has 9 heavy (non-hydrogen) atoms. The van der Waals surface area contributed by atoms with Crippen LogP contribution < -0.4 is 0 Å². The summed E-state index contributed by atoms with van der Waals surface area (Å²) in [5.74, 6) is 0. The Labute approximate surface area is 69.0 Å². The van der Waals surface area contributed by atoms with Gasteiger partial charge in [0.2, 0.25) is 4.51 Å². The molecule has 48 valence electrons. The predicted octanol–water partition coefficient (Wildman–Crippen LogP) is 2.16. The van der Waals surface area contributed by atoms with Gasteiger partial charge in [0.25, 0.3) is 0 Å². The van der Waals surface area contributed by atoms with E-state index in [-0.39, 0.29) is 0 Å². The van der Waals surface area contributed by atoms with Crippen LogP contribution >= 0.6 is 24.0 Å². The van der Waals surface area contributed by atoms with Crippen LogP contribution in [0.2, 0.25) is 0 Å². The molecule has 0 N–H and O–H groups in total. The molecule has 0 spiro atoms. The summed E-state index contributed by atoms with van der Waals surface area (Å²) in [7, 11) is 0. The number of thiol groups is 2. The minimum absolute atomic E-state index is 0.953. The van der Waals surface area contributed by atoms with Gasteiger partial charge in [-0.25, -0.2) is 0 Å². The number of rotatable bonds is 0. The van der Waals surface area contributed by atoms with Crippen molar-refractivity contribution in [3.05, 3.63) is 20.8 Å². The minimum atomic E-state index is 0.953. The van der Waals surface area contributed by atoms with Crippen LogP contribution in [0.5, 0.6) is 0 Å². The summed E-state index contributed by atoms with van der Waals surface area (Å²) in [5.41, 5.74) is 0. The molecule has 1 heterocycles. The first-order valence-electron chi connectivity index (χ1n) is 2.51. The summed E-state index contributed by atoms with van der Waals surface area (Å²) in [5, 5.41) is 2.01. The van der Waals surface area contributed by atoms with Crippen molar-refractivity contribution in [2.45, 2.75) is 11.8 Å². The Balaban J connectivity index is 3.43. The average Bonchev–Trinajstić information content (AvgIpc) is 1.83. The highest BCUT2D eigenvalue weighted by atomic mass is 32.1. The Morgan fingerprint density at radius 1 is 1.67 bits per heavy atom. The van der Waals surface area contributed by atoms with Crippen LogP contribution in [0.4, 0.5) is 0 Å². The maximum atomic E-state index is 4.25. The second-order valence-electron chi connectivity index (χ2n) is 1.71. The minimum Gasteiger partial charge on any atom is -0.148 e. The van der Waals surface area contributed by atoms with Gasteiger partial charge in [-0.15, -0.1) is 24.0 Å². The van der Waals surface area contributed by atoms with E-state index in [0.29, 0.717) is 0 Å². The molecular formula is C6H7S3+. The molecule has 1 aromatic rings. The lowest BCUT2D eigenvalue weighted by Crippen LogP contribution is -1.71. The lowest BCUT2D eigenvalue weighted by Gasteiger charge is -1.88. The van der Waals surface area contributed by atoms with Crippen LogP contribution in [-0.4, -0.2) is 0 Å². The molecule has 0 aliphatic rings. The summed E-state index contributed by atoms with van der Waals surface area (Å²) in [6, 6.07) is 1.95. The van der Waals surface area contributed by atoms with Crippen molar-refractivity contribution < 1.29 is 0 Å². The highest BCUT2D eigenvalue weighted by Gasteiger charge is 1.97. The highest BCUT2D eigenvalue weighted by Crippen LogP contribution is 2.16. The van der Waals surface area contributed by atoms with Crippen molar-refractivity contribution in [2.75, 3.05) is 0 Å². The number of hydrogen-bond acceptors (Lipinski definition) is 2. The standard InChI is InChI=1S/C6H6S3/c1-4-6(8)5(7)2-3-9-4/h2-3,8H,1H3/p+1. The van der Waals surface area contributed by atoms with Crippen LogP contribution in [-0.2, 0) is 12.2 Å². The Bertz CT molecular complexity index is 261. The zero-order valence-electron chi connectivity index (χ0n) is 4.96. The first-order valence-corrected chi connectivity index (χ1v) is 4.28. The van der Waals surface area contributed by atoms with E-state index in [0.717, 1.165) is 9.41 Å². The van der Waals surface area contributed by atoms with Crippen molar-refractivity contribution in [1.29, 1.82) is 0 Å². The Kier molecular flexibility index (Phi) is 2.27. The molecule has 0 aromatic carbocycles. The smallest absolute Gasteiger partial charge is 0.148 e.